The molecule has 2 aromatic rings. The molecule has 1 atom stereocenters. The minimum Gasteiger partial charge on any atom is -0.497 e. The lowest BCUT2D eigenvalue weighted by molar-refractivity contribution is 0.296. The number of para-hydroxylation sites is 1. The van der Waals surface area contributed by atoms with Gasteiger partial charge in [-0.05, 0) is 48.9 Å². The van der Waals surface area contributed by atoms with Crippen molar-refractivity contribution in [2.45, 2.75) is 12.3 Å². The molecule has 0 aromatic heterocycles. The molecular formula is C18H23NO3. The van der Waals surface area contributed by atoms with E-state index < -0.39 is 0 Å². The molecule has 0 saturated heterocycles. The zero-order valence-corrected chi connectivity index (χ0v) is 13.1. The van der Waals surface area contributed by atoms with Crippen molar-refractivity contribution in [3.8, 4) is 17.2 Å². The van der Waals surface area contributed by atoms with Gasteiger partial charge in [-0.15, -0.1) is 0 Å². The monoisotopic (exact) mass is 301 g/mol. The third kappa shape index (κ3) is 4.15. The van der Waals surface area contributed by atoms with E-state index in [1.54, 1.807) is 14.2 Å². The van der Waals surface area contributed by atoms with Gasteiger partial charge >= 0.3 is 0 Å². The number of nitrogens with two attached hydrogens (primary N) is 1. The molecule has 2 aromatic carbocycles. The van der Waals surface area contributed by atoms with E-state index in [2.05, 4.69) is 6.07 Å². The van der Waals surface area contributed by atoms with Crippen LogP contribution in [-0.4, -0.2) is 27.4 Å². The Labute approximate surface area is 131 Å². The van der Waals surface area contributed by atoms with Gasteiger partial charge < -0.3 is 19.9 Å². The van der Waals surface area contributed by atoms with Gasteiger partial charge in [0.2, 0.25) is 0 Å². The van der Waals surface area contributed by atoms with Crippen LogP contribution in [0.3, 0.4) is 0 Å². The van der Waals surface area contributed by atoms with E-state index in [0.29, 0.717) is 13.2 Å². The molecule has 0 aliphatic heterocycles. The van der Waals surface area contributed by atoms with E-state index in [-0.39, 0.29) is 5.92 Å². The van der Waals surface area contributed by atoms with E-state index in [1.165, 1.54) is 0 Å². The van der Waals surface area contributed by atoms with Crippen LogP contribution in [0.4, 0.5) is 0 Å². The molecule has 4 nitrogen and oxygen atoms in total. The predicted octanol–water partition coefficient (Wildman–Crippen LogP) is 3.22. The second-order valence-electron chi connectivity index (χ2n) is 4.99. The molecule has 0 aliphatic rings. The highest BCUT2D eigenvalue weighted by molar-refractivity contribution is 5.36. The van der Waals surface area contributed by atoms with Crippen molar-refractivity contribution in [2.75, 3.05) is 27.4 Å². The van der Waals surface area contributed by atoms with Gasteiger partial charge in [0.1, 0.15) is 17.2 Å². The summed E-state index contributed by atoms with van der Waals surface area (Å²) in [5, 5.41) is 0. The Morgan fingerprint density at radius 2 is 1.59 bits per heavy atom. The van der Waals surface area contributed by atoms with Crippen molar-refractivity contribution in [3.05, 3.63) is 54.1 Å². The maximum atomic E-state index is 5.92. The van der Waals surface area contributed by atoms with Gasteiger partial charge in [-0.1, -0.05) is 18.2 Å². The summed E-state index contributed by atoms with van der Waals surface area (Å²) in [6.07, 6.45) is 0.836. The largest absolute Gasteiger partial charge is 0.497 e. The summed E-state index contributed by atoms with van der Waals surface area (Å²) in [4.78, 5) is 0. The average molecular weight is 301 g/mol. The van der Waals surface area contributed by atoms with Gasteiger partial charge in [-0.3, -0.25) is 0 Å². The zero-order chi connectivity index (χ0) is 15.8. The Morgan fingerprint density at radius 3 is 2.23 bits per heavy atom. The SMILES string of the molecule is COc1ccc(OCCC(CN)c2ccccc2OC)cc1. The van der Waals surface area contributed by atoms with Crippen molar-refractivity contribution in [3.63, 3.8) is 0 Å². The Bertz CT molecular complexity index is 569. The van der Waals surface area contributed by atoms with Crippen LogP contribution in [0.15, 0.2) is 48.5 Å². The lowest BCUT2D eigenvalue weighted by atomic mass is 9.95. The summed E-state index contributed by atoms with van der Waals surface area (Å²) >= 11 is 0. The normalized spacial score (nSPS) is 11.8. The van der Waals surface area contributed by atoms with Gasteiger partial charge in [0.15, 0.2) is 0 Å². The van der Waals surface area contributed by atoms with Crippen molar-refractivity contribution in [2.24, 2.45) is 5.73 Å². The highest BCUT2D eigenvalue weighted by atomic mass is 16.5. The molecule has 4 heteroatoms. The molecule has 0 fully saturated rings. The predicted molar refractivity (Wildman–Crippen MR) is 87.9 cm³/mol. The number of benzene rings is 2. The highest BCUT2D eigenvalue weighted by Gasteiger charge is 2.14. The zero-order valence-electron chi connectivity index (χ0n) is 13.1. The first-order valence-electron chi connectivity index (χ1n) is 7.38. The number of hydrogen-bond donors (Lipinski definition) is 1. The molecule has 1 unspecified atom stereocenters. The molecule has 22 heavy (non-hydrogen) atoms. The van der Waals surface area contributed by atoms with Crippen LogP contribution < -0.4 is 19.9 Å². The molecular weight excluding hydrogens is 278 g/mol. The highest BCUT2D eigenvalue weighted by Crippen LogP contribution is 2.28. The Hall–Kier alpha value is -2.20. The smallest absolute Gasteiger partial charge is 0.122 e. The van der Waals surface area contributed by atoms with Crippen molar-refractivity contribution < 1.29 is 14.2 Å². The fraction of sp³-hybridized carbons (Fsp3) is 0.333. The van der Waals surface area contributed by atoms with Gasteiger partial charge in [-0.25, -0.2) is 0 Å². The third-order valence-electron chi connectivity index (χ3n) is 3.66. The van der Waals surface area contributed by atoms with Crippen LogP contribution in [0.5, 0.6) is 17.2 Å². The van der Waals surface area contributed by atoms with Crippen LogP contribution >= 0.6 is 0 Å². The van der Waals surface area contributed by atoms with Crippen LogP contribution in [0.2, 0.25) is 0 Å². The second-order valence-corrected chi connectivity index (χ2v) is 4.99. The quantitative estimate of drug-likeness (QED) is 0.813. The minimum atomic E-state index is 0.217. The topological polar surface area (TPSA) is 53.7 Å². The van der Waals surface area contributed by atoms with Crippen molar-refractivity contribution >= 4 is 0 Å². The van der Waals surface area contributed by atoms with Crippen LogP contribution in [0, 0.1) is 0 Å². The number of hydrogen-bond acceptors (Lipinski definition) is 4. The molecule has 0 spiro atoms. The van der Waals surface area contributed by atoms with Gasteiger partial charge in [0.05, 0.1) is 20.8 Å². The van der Waals surface area contributed by atoms with Crippen LogP contribution in [0.25, 0.3) is 0 Å². The fourth-order valence-electron chi connectivity index (χ4n) is 2.40. The summed E-state index contributed by atoms with van der Waals surface area (Å²) in [5.41, 5.74) is 7.05. The molecule has 0 aliphatic carbocycles. The molecule has 2 rings (SSSR count). The van der Waals surface area contributed by atoms with Gasteiger partial charge in [0.25, 0.3) is 0 Å². The number of ether oxygens (including phenoxy) is 3. The summed E-state index contributed by atoms with van der Waals surface area (Å²) in [7, 11) is 3.33. The van der Waals surface area contributed by atoms with Gasteiger partial charge in [-0.2, -0.15) is 0 Å². The molecule has 0 bridgehead atoms. The van der Waals surface area contributed by atoms with Gasteiger partial charge in [0, 0.05) is 5.92 Å². The molecule has 2 N–H and O–H groups in total. The van der Waals surface area contributed by atoms with E-state index in [1.807, 2.05) is 42.5 Å². The summed E-state index contributed by atoms with van der Waals surface area (Å²) < 4.78 is 16.3. The first kappa shape index (κ1) is 16.2. The minimum absolute atomic E-state index is 0.217. The number of methoxy groups -OCH3 is 2. The first-order chi connectivity index (χ1) is 10.8. The fourth-order valence-corrected chi connectivity index (χ4v) is 2.40. The maximum absolute atomic E-state index is 5.92. The van der Waals surface area contributed by atoms with Crippen LogP contribution in [0.1, 0.15) is 17.9 Å². The molecule has 0 saturated carbocycles. The maximum Gasteiger partial charge on any atom is 0.122 e. The summed E-state index contributed by atoms with van der Waals surface area (Å²) in [6.45, 7) is 1.17. The molecule has 0 amide bonds. The lowest BCUT2D eigenvalue weighted by Gasteiger charge is -2.18. The second kappa shape index (κ2) is 8.29. The van der Waals surface area contributed by atoms with E-state index in [4.69, 9.17) is 19.9 Å². The van der Waals surface area contributed by atoms with Crippen molar-refractivity contribution in [1.82, 2.24) is 0 Å². The summed E-state index contributed by atoms with van der Waals surface area (Å²) in [5.74, 6) is 2.75. The third-order valence-corrected chi connectivity index (χ3v) is 3.66. The Balaban J connectivity index is 1.93. The number of rotatable bonds is 8. The van der Waals surface area contributed by atoms with Crippen LogP contribution in [-0.2, 0) is 0 Å². The molecule has 0 radical (unpaired) electrons. The van der Waals surface area contributed by atoms with E-state index >= 15 is 0 Å². The first-order valence-corrected chi connectivity index (χ1v) is 7.38. The molecule has 0 heterocycles. The Kier molecular flexibility index (Phi) is 6.10. The van der Waals surface area contributed by atoms with E-state index in [0.717, 1.165) is 29.2 Å². The molecule has 118 valence electrons. The van der Waals surface area contributed by atoms with E-state index in [9.17, 15) is 0 Å². The average Bonchev–Trinajstić information content (AvgIpc) is 2.59. The van der Waals surface area contributed by atoms with Crippen molar-refractivity contribution in [1.29, 1.82) is 0 Å². The lowest BCUT2D eigenvalue weighted by Crippen LogP contribution is -2.16. The Morgan fingerprint density at radius 1 is 0.909 bits per heavy atom. The summed E-state index contributed by atoms with van der Waals surface area (Å²) in [6, 6.07) is 15.6. The standard InChI is InChI=1S/C18H23NO3/c1-20-15-7-9-16(10-8-15)22-12-11-14(13-19)17-5-3-4-6-18(17)21-2/h3-10,14H,11-13,19H2,1-2H3.